The first-order valence-corrected chi connectivity index (χ1v) is 20.0. The van der Waals surface area contributed by atoms with Crippen molar-refractivity contribution in [1.29, 1.82) is 0 Å². The van der Waals surface area contributed by atoms with Gasteiger partial charge in [-0.1, -0.05) is 159 Å². The van der Waals surface area contributed by atoms with Crippen molar-refractivity contribution in [2.24, 2.45) is 0 Å². The lowest BCUT2D eigenvalue weighted by molar-refractivity contribution is 0.660. The number of fused-ring (bicyclic) bond motifs is 6. The lowest BCUT2D eigenvalue weighted by Gasteiger charge is -2.29. The minimum atomic E-state index is -0.0915. The monoisotopic (exact) mass is 758 g/mol. The molecule has 0 bridgehead atoms. The molecule has 11 rings (SSSR count). The Morgan fingerprint density at radius 1 is 0.424 bits per heavy atom. The van der Waals surface area contributed by atoms with E-state index in [1.165, 1.54) is 27.9 Å². The second kappa shape index (κ2) is 13.8. The van der Waals surface area contributed by atoms with Crippen LogP contribution in [0.15, 0.2) is 199 Å². The highest BCUT2D eigenvalue weighted by Gasteiger charge is 2.37. The number of benzene rings is 8. The molecule has 1 aliphatic carbocycles. The average Bonchev–Trinajstić information content (AvgIpc) is 3.79. The number of hydrogen-bond acceptors (Lipinski definition) is 5. The molecule has 0 fully saturated rings. The van der Waals surface area contributed by atoms with E-state index in [1.807, 2.05) is 72.8 Å². The summed E-state index contributed by atoms with van der Waals surface area (Å²) < 4.78 is 6.59. The quantitative estimate of drug-likeness (QED) is 0.162. The Balaban J connectivity index is 0.993. The summed E-state index contributed by atoms with van der Waals surface area (Å²) in [5.74, 6) is 1.85. The number of nitrogens with zero attached hydrogens (tertiary/aromatic N) is 4. The van der Waals surface area contributed by atoms with Gasteiger partial charge in [-0.25, -0.2) is 15.0 Å². The van der Waals surface area contributed by atoms with Crippen LogP contribution in [0.5, 0.6) is 0 Å². The summed E-state index contributed by atoms with van der Waals surface area (Å²) in [5, 5.41) is 1.99. The zero-order valence-corrected chi connectivity index (χ0v) is 32.7. The molecule has 8 aromatic carbocycles. The van der Waals surface area contributed by atoms with Gasteiger partial charge in [0.15, 0.2) is 17.5 Å². The van der Waals surface area contributed by atoms with Crippen LogP contribution in [0, 0.1) is 0 Å². The molecule has 0 N–H and O–H groups in total. The third-order valence-electron chi connectivity index (χ3n) is 11.7. The Kier molecular flexibility index (Phi) is 8.09. The van der Waals surface area contributed by atoms with E-state index < -0.39 is 0 Å². The van der Waals surface area contributed by atoms with Gasteiger partial charge in [0, 0.05) is 49.8 Å². The van der Waals surface area contributed by atoms with Gasteiger partial charge in [0.2, 0.25) is 0 Å². The van der Waals surface area contributed by atoms with Crippen molar-refractivity contribution in [3.05, 3.63) is 205 Å². The van der Waals surface area contributed by atoms with Gasteiger partial charge in [-0.15, -0.1) is 0 Å². The van der Waals surface area contributed by atoms with Gasteiger partial charge >= 0.3 is 0 Å². The highest BCUT2D eigenvalue weighted by Crippen LogP contribution is 2.54. The van der Waals surface area contributed by atoms with Gasteiger partial charge in [-0.05, 0) is 76.3 Å². The van der Waals surface area contributed by atoms with E-state index in [2.05, 4.69) is 140 Å². The maximum Gasteiger partial charge on any atom is 0.164 e. The van der Waals surface area contributed by atoms with Crippen molar-refractivity contribution >= 4 is 39.0 Å². The second-order valence-electron chi connectivity index (χ2n) is 15.6. The number of para-hydroxylation sites is 1. The van der Waals surface area contributed by atoms with Crippen molar-refractivity contribution in [1.82, 2.24) is 15.0 Å². The largest absolute Gasteiger partial charge is 0.456 e. The van der Waals surface area contributed by atoms with E-state index in [9.17, 15) is 0 Å². The normalized spacial score (nSPS) is 12.7. The molecule has 0 aliphatic heterocycles. The second-order valence-corrected chi connectivity index (χ2v) is 15.6. The molecule has 0 unspecified atom stereocenters. The van der Waals surface area contributed by atoms with Crippen LogP contribution < -0.4 is 4.90 Å². The molecular formula is C54H38N4O. The average molecular weight is 759 g/mol. The molecule has 0 saturated carbocycles. The van der Waals surface area contributed by atoms with Crippen LogP contribution in [0.1, 0.15) is 25.0 Å². The van der Waals surface area contributed by atoms with E-state index in [1.54, 1.807) is 0 Å². The molecule has 0 amide bonds. The van der Waals surface area contributed by atoms with Gasteiger partial charge in [-0.2, -0.15) is 0 Å². The number of hydrogen-bond donors (Lipinski definition) is 0. The van der Waals surface area contributed by atoms with Gasteiger partial charge < -0.3 is 9.32 Å². The van der Waals surface area contributed by atoms with E-state index in [4.69, 9.17) is 19.4 Å². The van der Waals surface area contributed by atoms with E-state index in [0.29, 0.717) is 17.5 Å². The fourth-order valence-electron chi connectivity index (χ4n) is 8.85. The molecule has 0 radical (unpaired) electrons. The molecule has 10 aromatic rings. The standard InChI is InChI=1S/C54H38N4O/c1-54(2)44-24-13-12-22-41(44)50-45(54)25-15-26-46(50)58(39-20-10-5-11-21-39)40-31-28-35(29-32-40)38-30-33-42-48(34-38)59-47-27-14-23-43(49(42)47)53-56-51(36-16-6-3-7-17-36)55-52(57-53)37-18-8-4-9-19-37/h3-34H,1-2H3. The summed E-state index contributed by atoms with van der Waals surface area (Å²) in [6, 6.07) is 67.8. The molecular weight excluding hydrogens is 721 g/mol. The Hall–Kier alpha value is -7.63. The lowest BCUT2D eigenvalue weighted by atomic mass is 9.82. The first-order valence-electron chi connectivity index (χ1n) is 20.0. The first-order chi connectivity index (χ1) is 29.0. The van der Waals surface area contributed by atoms with Crippen LogP contribution in [0.3, 0.4) is 0 Å². The summed E-state index contributed by atoms with van der Waals surface area (Å²) in [6.45, 7) is 4.67. The van der Waals surface area contributed by atoms with Gasteiger partial charge in [0.05, 0.1) is 5.69 Å². The molecule has 5 heteroatoms. The summed E-state index contributed by atoms with van der Waals surface area (Å²) in [7, 11) is 0. The molecule has 1 aliphatic rings. The van der Waals surface area contributed by atoms with Crippen LogP contribution >= 0.6 is 0 Å². The van der Waals surface area contributed by atoms with Gasteiger partial charge in [0.25, 0.3) is 0 Å². The van der Waals surface area contributed by atoms with Crippen molar-refractivity contribution in [3.63, 3.8) is 0 Å². The molecule has 2 aromatic heterocycles. The molecule has 59 heavy (non-hydrogen) atoms. The molecule has 280 valence electrons. The van der Waals surface area contributed by atoms with Crippen LogP contribution in [0.2, 0.25) is 0 Å². The fraction of sp³-hybridized carbons (Fsp3) is 0.0556. The highest BCUT2D eigenvalue weighted by atomic mass is 16.3. The van der Waals surface area contributed by atoms with E-state index >= 15 is 0 Å². The maximum absolute atomic E-state index is 6.59. The zero-order valence-electron chi connectivity index (χ0n) is 32.7. The SMILES string of the molecule is CC1(C)c2ccccc2-c2c(N(c3ccccc3)c3ccc(-c4ccc5c(c4)oc4cccc(-c6nc(-c7ccccc7)nc(-c7ccccc7)n6)c45)cc3)cccc21. The minimum absolute atomic E-state index is 0.0915. The smallest absolute Gasteiger partial charge is 0.164 e. The van der Waals surface area contributed by atoms with Crippen molar-refractivity contribution in [2.45, 2.75) is 19.3 Å². The van der Waals surface area contributed by atoms with Crippen LogP contribution in [-0.4, -0.2) is 15.0 Å². The third-order valence-corrected chi connectivity index (χ3v) is 11.7. The maximum atomic E-state index is 6.59. The zero-order chi connectivity index (χ0) is 39.5. The Labute approximate surface area is 342 Å². The number of anilines is 3. The Morgan fingerprint density at radius 3 is 1.69 bits per heavy atom. The number of rotatable bonds is 7. The summed E-state index contributed by atoms with van der Waals surface area (Å²) in [5.41, 5.74) is 15.1. The molecule has 5 nitrogen and oxygen atoms in total. The number of aromatic nitrogens is 3. The number of furan rings is 1. The first kappa shape index (κ1) is 34.6. The molecule has 0 spiro atoms. The predicted octanol–water partition coefficient (Wildman–Crippen LogP) is 14.2. The van der Waals surface area contributed by atoms with Crippen molar-refractivity contribution in [3.8, 4) is 56.4 Å². The van der Waals surface area contributed by atoms with Crippen molar-refractivity contribution < 1.29 is 4.42 Å². The lowest BCUT2D eigenvalue weighted by Crippen LogP contribution is -2.16. The predicted molar refractivity (Wildman–Crippen MR) is 241 cm³/mol. The summed E-state index contributed by atoms with van der Waals surface area (Å²) in [4.78, 5) is 17.4. The highest BCUT2D eigenvalue weighted by molar-refractivity contribution is 6.12. The van der Waals surface area contributed by atoms with Crippen LogP contribution in [0.4, 0.5) is 17.1 Å². The van der Waals surface area contributed by atoms with E-state index in [0.717, 1.165) is 61.1 Å². The Morgan fingerprint density at radius 2 is 0.983 bits per heavy atom. The third kappa shape index (κ3) is 5.81. The molecule has 0 saturated heterocycles. The van der Waals surface area contributed by atoms with Crippen LogP contribution in [0.25, 0.3) is 78.4 Å². The Bertz CT molecular complexity index is 3120. The topological polar surface area (TPSA) is 55.1 Å². The summed E-state index contributed by atoms with van der Waals surface area (Å²) >= 11 is 0. The summed E-state index contributed by atoms with van der Waals surface area (Å²) in [6.07, 6.45) is 0. The van der Waals surface area contributed by atoms with Gasteiger partial charge in [0.1, 0.15) is 11.2 Å². The van der Waals surface area contributed by atoms with E-state index in [-0.39, 0.29) is 5.41 Å². The minimum Gasteiger partial charge on any atom is -0.456 e. The molecule has 0 atom stereocenters. The van der Waals surface area contributed by atoms with Crippen LogP contribution in [-0.2, 0) is 5.41 Å². The van der Waals surface area contributed by atoms with Crippen molar-refractivity contribution in [2.75, 3.05) is 4.90 Å². The molecule has 2 heterocycles. The fourth-order valence-corrected chi connectivity index (χ4v) is 8.85. The van der Waals surface area contributed by atoms with Gasteiger partial charge in [-0.3, -0.25) is 0 Å².